The number of aromatic nitrogens is 2. The van der Waals surface area contributed by atoms with Gasteiger partial charge in [0.05, 0.1) is 5.56 Å². The minimum atomic E-state index is -0.133. The minimum absolute atomic E-state index is 0.133. The molecule has 0 aliphatic carbocycles. The molecule has 2 aromatic rings. The monoisotopic (exact) mass is 344 g/mol. The summed E-state index contributed by atoms with van der Waals surface area (Å²) in [6.07, 6.45) is 2.48. The fourth-order valence-corrected chi connectivity index (χ4v) is 2.97. The Morgan fingerprint density at radius 3 is 2.84 bits per heavy atom. The molecular weight excluding hydrogens is 320 g/mol. The average molecular weight is 344 g/mol. The predicted octanol–water partition coefficient (Wildman–Crippen LogP) is 2.17. The van der Waals surface area contributed by atoms with E-state index in [0.717, 1.165) is 13.1 Å². The summed E-state index contributed by atoms with van der Waals surface area (Å²) in [5, 5.41) is 6.80. The van der Waals surface area contributed by atoms with Crippen LogP contribution in [0.5, 0.6) is 5.75 Å². The molecule has 7 heteroatoms. The van der Waals surface area contributed by atoms with E-state index in [2.05, 4.69) is 27.3 Å². The Balaban J connectivity index is 1.58. The number of aryl methyl sites for hydroxylation is 1. The number of rotatable bonds is 7. The third-order valence-electron chi connectivity index (χ3n) is 4.38. The lowest BCUT2D eigenvalue weighted by Crippen LogP contribution is -2.40. The predicted molar refractivity (Wildman–Crippen MR) is 92.4 cm³/mol. The maximum atomic E-state index is 12.5. The van der Waals surface area contributed by atoms with E-state index in [1.54, 1.807) is 19.1 Å². The van der Waals surface area contributed by atoms with Gasteiger partial charge in [0.25, 0.3) is 5.91 Å². The molecule has 1 aromatic carbocycles. The number of carbonyl (C=O) groups excluding carboxylic acids is 1. The Morgan fingerprint density at radius 2 is 2.12 bits per heavy atom. The van der Waals surface area contributed by atoms with Crippen LogP contribution in [0.4, 0.5) is 0 Å². The highest BCUT2D eigenvalue weighted by Gasteiger charge is 2.19. The standard InChI is InChI=1S/C18H24N4O3/c1-13(22-9-5-6-10-22)11-19-18(23)15-7-3-4-8-16(15)24-12-17-20-14(2)25-21-17/h3-4,7-8,13H,5-6,9-12H2,1-2H3,(H,19,23). The largest absolute Gasteiger partial charge is 0.485 e. The fraction of sp³-hybridized carbons (Fsp3) is 0.500. The van der Waals surface area contributed by atoms with Gasteiger partial charge in [0, 0.05) is 19.5 Å². The third kappa shape index (κ3) is 4.57. The molecule has 1 aliphatic rings. The maximum absolute atomic E-state index is 12.5. The van der Waals surface area contributed by atoms with Crippen LogP contribution in [0.25, 0.3) is 0 Å². The highest BCUT2D eigenvalue weighted by atomic mass is 16.5. The first-order chi connectivity index (χ1) is 12.1. The van der Waals surface area contributed by atoms with E-state index in [-0.39, 0.29) is 12.5 Å². The van der Waals surface area contributed by atoms with Gasteiger partial charge in [-0.1, -0.05) is 17.3 Å². The number of benzene rings is 1. The van der Waals surface area contributed by atoms with Crippen molar-refractivity contribution in [3.63, 3.8) is 0 Å². The minimum Gasteiger partial charge on any atom is -0.485 e. The molecule has 134 valence electrons. The summed E-state index contributed by atoms with van der Waals surface area (Å²) >= 11 is 0. The first-order valence-corrected chi connectivity index (χ1v) is 8.67. The SMILES string of the molecule is Cc1nc(COc2ccccc2C(=O)NCC(C)N2CCCC2)no1. The van der Waals surface area contributed by atoms with Crippen LogP contribution in [0.15, 0.2) is 28.8 Å². The first kappa shape index (κ1) is 17.4. The van der Waals surface area contributed by atoms with Crippen LogP contribution >= 0.6 is 0 Å². The highest BCUT2D eigenvalue weighted by Crippen LogP contribution is 2.19. The smallest absolute Gasteiger partial charge is 0.255 e. The van der Waals surface area contributed by atoms with Crippen molar-refractivity contribution in [3.05, 3.63) is 41.5 Å². The van der Waals surface area contributed by atoms with Gasteiger partial charge in [-0.05, 0) is 45.0 Å². The van der Waals surface area contributed by atoms with Crippen LogP contribution in [-0.2, 0) is 6.61 Å². The molecule has 0 saturated carbocycles. The number of nitrogens with zero attached hydrogens (tertiary/aromatic N) is 3. The molecule has 7 nitrogen and oxygen atoms in total. The van der Waals surface area contributed by atoms with Crippen LogP contribution in [0, 0.1) is 6.92 Å². The second kappa shape index (κ2) is 8.11. The summed E-state index contributed by atoms with van der Waals surface area (Å²) in [5.74, 6) is 1.32. The molecule has 1 saturated heterocycles. The van der Waals surface area contributed by atoms with Gasteiger partial charge >= 0.3 is 0 Å². The Bertz CT molecular complexity index is 710. The fourth-order valence-electron chi connectivity index (χ4n) is 2.97. The summed E-state index contributed by atoms with van der Waals surface area (Å²) in [6.45, 7) is 6.87. The molecular formula is C18H24N4O3. The molecule has 1 amide bonds. The summed E-state index contributed by atoms with van der Waals surface area (Å²) in [5.41, 5.74) is 0.510. The topological polar surface area (TPSA) is 80.5 Å². The Hall–Kier alpha value is -2.41. The molecule has 1 aromatic heterocycles. The number of hydrogen-bond acceptors (Lipinski definition) is 6. The number of para-hydroxylation sites is 1. The Labute approximate surface area is 147 Å². The molecule has 25 heavy (non-hydrogen) atoms. The summed E-state index contributed by atoms with van der Waals surface area (Å²) in [4.78, 5) is 19.0. The van der Waals surface area contributed by atoms with Crippen LogP contribution < -0.4 is 10.1 Å². The van der Waals surface area contributed by atoms with Gasteiger partial charge in [0.15, 0.2) is 6.61 Å². The van der Waals surface area contributed by atoms with Gasteiger partial charge in [0.2, 0.25) is 11.7 Å². The van der Waals surface area contributed by atoms with Crippen molar-refractivity contribution in [2.24, 2.45) is 0 Å². The molecule has 1 N–H and O–H groups in total. The average Bonchev–Trinajstić information content (AvgIpc) is 3.29. The van der Waals surface area contributed by atoms with Gasteiger partial charge in [0.1, 0.15) is 5.75 Å². The lowest BCUT2D eigenvalue weighted by atomic mass is 10.2. The van der Waals surface area contributed by atoms with E-state index in [1.807, 2.05) is 12.1 Å². The van der Waals surface area contributed by atoms with Crippen LogP contribution in [-0.4, -0.2) is 46.6 Å². The van der Waals surface area contributed by atoms with E-state index in [0.29, 0.717) is 35.6 Å². The van der Waals surface area contributed by atoms with Crippen molar-refractivity contribution in [1.29, 1.82) is 0 Å². The molecule has 0 radical (unpaired) electrons. The highest BCUT2D eigenvalue weighted by molar-refractivity contribution is 5.96. The number of hydrogen-bond donors (Lipinski definition) is 1. The van der Waals surface area contributed by atoms with Crippen LogP contribution in [0.2, 0.25) is 0 Å². The van der Waals surface area contributed by atoms with Gasteiger partial charge in [-0.2, -0.15) is 4.98 Å². The molecule has 1 fully saturated rings. The second-order valence-corrected chi connectivity index (χ2v) is 6.32. The van der Waals surface area contributed by atoms with Crippen molar-refractivity contribution in [2.75, 3.05) is 19.6 Å². The van der Waals surface area contributed by atoms with Gasteiger partial charge in [-0.15, -0.1) is 0 Å². The second-order valence-electron chi connectivity index (χ2n) is 6.32. The molecule has 0 bridgehead atoms. The molecule has 0 spiro atoms. The Morgan fingerprint density at radius 1 is 1.36 bits per heavy atom. The van der Waals surface area contributed by atoms with Gasteiger partial charge in [-0.3, -0.25) is 9.69 Å². The first-order valence-electron chi connectivity index (χ1n) is 8.67. The molecule has 3 rings (SSSR count). The number of likely N-dealkylation sites (tertiary alicyclic amines) is 1. The van der Waals surface area contributed by atoms with Crippen LogP contribution in [0.3, 0.4) is 0 Å². The van der Waals surface area contributed by atoms with Gasteiger partial charge in [-0.25, -0.2) is 0 Å². The number of carbonyl (C=O) groups is 1. The summed E-state index contributed by atoms with van der Waals surface area (Å²) < 4.78 is 10.6. The number of amides is 1. The maximum Gasteiger partial charge on any atom is 0.255 e. The van der Waals surface area contributed by atoms with E-state index in [9.17, 15) is 4.79 Å². The van der Waals surface area contributed by atoms with Crippen molar-refractivity contribution in [3.8, 4) is 5.75 Å². The van der Waals surface area contributed by atoms with E-state index in [1.165, 1.54) is 12.8 Å². The van der Waals surface area contributed by atoms with Crippen molar-refractivity contribution < 1.29 is 14.1 Å². The van der Waals surface area contributed by atoms with Crippen molar-refractivity contribution >= 4 is 5.91 Å². The van der Waals surface area contributed by atoms with Crippen molar-refractivity contribution in [2.45, 2.75) is 39.3 Å². The lowest BCUT2D eigenvalue weighted by molar-refractivity contribution is 0.0935. The van der Waals surface area contributed by atoms with E-state index in [4.69, 9.17) is 9.26 Å². The molecule has 1 unspecified atom stereocenters. The molecule has 2 heterocycles. The zero-order chi connectivity index (χ0) is 17.6. The van der Waals surface area contributed by atoms with Gasteiger partial charge < -0.3 is 14.6 Å². The zero-order valence-electron chi connectivity index (χ0n) is 14.7. The number of ether oxygens (including phenoxy) is 1. The molecule has 1 aliphatic heterocycles. The summed E-state index contributed by atoms with van der Waals surface area (Å²) in [7, 11) is 0. The van der Waals surface area contributed by atoms with Crippen molar-refractivity contribution in [1.82, 2.24) is 20.4 Å². The summed E-state index contributed by atoms with van der Waals surface area (Å²) in [6, 6.07) is 7.52. The quantitative estimate of drug-likeness (QED) is 0.829. The van der Waals surface area contributed by atoms with E-state index >= 15 is 0 Å². The zero-order valence-corrected chi connectivity index (χ0v) is 14.7. The normalized spacial score (nSPS) is 15.9. The van der Waals surface area contributed by atoms with Crippen LogP contribution in [0.1, 0.15) is 41.8 Å². The molecule has 1 atom stereocenters. The Kier molecular flexibility index (Phi) is 5.65. The number of nitrogens with one attached hydrogen (secondary N) is 1. The third-order valence-corrected chi connectivity index (χ3v) is 4.38. The van der Waals surface area contributed by atoms with E-state index < -0.39 is 0 Å². The lowest BCUT2D eigenvalue weighted by Gasteiger charge is -2.24.